The van der Waals surface area contributed by atoms with Crippen LogP contribution in [0.4, 0.5) is 5.69 Å². The molecule has 0 aliphatic rings. The van der Waals surface area contributed by atoms with E-state index in [-0.39, 0.29) is 24.6 Å². The first-order valence-corrected chi connectivity index (χ1v) is 4.99. The third-order valence-electron chi connectivity index (χ3n) is 1.65. The zero-order valence-corrected chi connectivity index (χ0v) is 9.09. The van der Waals surface area contributed by atoms with Crippen molar-refractivity contribution >= 4 is 23.1 Å². The molecule has 0 unspecified atom stereocenters. The van der Waals surface area contributed by atoms with Gasteiger partial charge in [0.15, 0.2) is 5.78 Å². The van der Waals surface area contributed by atoms with Gasteiger partial charge in [0.1, 0.15) is 25.5 Å². The first kappa shape index (κ1) is 12.6. The van der Waals surface area contributed by atoms with Gasteiger partial charge in [-0.2, -0.15) is 5.10 Å². The van der Waals surface area contributed by atoms with Gasteiger partial charge in [0, 0.05) is 5.88 Å². The highest BCUT2D eigenvalue weighted by molar-refractivity contribution is 6.17. The van der Waals surface area contributed by atoms with E-state index >= 15 is 0 Å². The Kier molecular flexibility index (Phi) is 4.87. The highest BCUT2D eigenvalue weighted by Gasteiger charge is 2.11. The van der Waals surface area contributed by atoms with Crippen LogP contribution in [-0.2, 0) is 16.1 Å². The Bertz CT molecular complexity index is 379. The average Bonchev–Trinajstić information content (AvgIpc) is 2.66. The van der Waals surface area contributed by atoms with E-state index in [1.54, 1.807) is 0 Å². The molecular formula is C8H10ClN3O4. The highest BCUT2D eigenvalue weighted by Crippen LogP contribution is 2.07. The van der Waals surface area contributed by atoms with Crippen LogP contribution in [0.15, 0.2) is 12.4 Å². The number of Topliss-reactive ketones (excluding diaryl/α,β-unsaturated/α-hetero) is 1. The van der Waals surface area contributed by atoms with Gasteiger partial charge in [-0.05, 0) is 0 Å². The van der Waals surface area contributed by atoms with Crippen molar-refractivity contribution < 1.29 is 14.5 Å². The van der Waals surface area contributed by atoms with Crippen LogP contribution in [0.1, 0.15) is 0 Å². The standard InChI is InChI=1S/C8H10ClN3O4/c9-1-2-16-6-8(13)5-11-4-7(3-10-11)12(14)15/h3-4H,1-2,5-6H2. The monoisotopic (exact) mass is 247 g/mol. The summed E-state index contributed by atoms with van der Waals surface area (Å²) in [7, 11) is 0. The maximum atomic E-state index is 11.3. The fraction of sp³-hybridized carbons (Fsp3) is 0.500. The molecule has 0 aliphatic heterocycles. The van der Waals surface area contributed by atoms with Crippen LogP contribution in [-0.4, -0.2) is 39.6 Å². The minimum Gasteiger partial charge on any atom is -0.372 e. The normalized spacial score (nSPS) is 10.3. The summed E-state index contributed by atoms with van der Waals surface area (Å²) < 4.78 is 6.11. The van der Waals surface area contributed by atoms with Gasteiger partial charge >= 0.3 is 5.69 Å². The lowest BCUT2D eigenvalue weighted by molar-refractivity contribution is -0.385. The molecular weight excluding hydrogens is 238 g/mol. The average molecular weight is 248 g/mol. The Hall–Kier alpha value is -1.47. The summed E-state index contributed by atoms with van der Waals surface area (Å²) in [5, 5.41) is 14.0. The fourth-order valence-corrected chi connectivity index (χ4v) is 1.11. The highest BCUT2D eigenvalue weighted by atomic mass is 35.5. The van der Waals surface area contributed by atoms with Crippen molar-refractivity contribution in [2.45, 2.75) is 6.54 Å². The molecule has 8 heteroatoms. The number of halogens is 1. The number of aromatic nitrogens is 2. The minimum atomic E-state index is -0.571. The molecule has 0 radical (unpaired) electrons. The molecule has 0 fully saturated rings. The third-order valence-corrected chi connectivity index (χ3v) is 1.81. The second-order valence-corrected chi connectivity index (χ2v) is 3.31. The molecule has 0 aromatic carbocycles. The number of ether oxygens (including phenoxy) is 1. The van der Waals surface area contributed by atoms with Gasteiger partial charge in [0.2, 0.25) is 0 Å². The van der Waals surface area contributed by atoms with Crippen molar-refractivity contribution in [1.82, 2.24) is 9.78 Å². The zero-order chi connectivity index (χ0) is 12.0. The molecule has 1 aromatic rings. The fourth-order valence-electron chi connectivity index (χ4n) is 1.00. The van der Waals surface area contributed by atoms with E-state index in [1.807, 2.05) is 0 Å². The van der Waals surface area contributed by atoms with E-state index in [9.17, 15) is 14.9 Å². The Labute approximate surface area is 96.1 Å². The number of alkyl halides is 1. The quantitative estimate of drug-likeness (QED) is 0.305. The molecule has 1 heterocycles. The summed E-state index contributed by atoms with van der Waals surface area (Å²) in [6.45, 7) is 0.184. The van der Waals surface area contributed by atoms with E-state index in [1.165, 1.54) is 10.9 Å². The lowest BCUT2D eigenvalue weighted by Gasteiger charge is -2.01. The molecule has 0 saturated heterocycles. The first-order chi connectivity index (χ1) is 7.63. The predicted octanol–water partition coefficient (Wildman–Crippen LogP) is 0.616. The van der Waals surface area contributed by atoms with E-state index in [0.29, 0.717) is 12.5 Å². The predicted molar refractivity (Wildman–Crippen MR) is 55.4 cm³/mol. The zero-order valence-electron chi connectivity index (χ0n) is 8.34. The lowest BCUT2D eigenvalue weighted by atomic mass is 10.4. The number of hydrogen-bond acceptors (Lipinski definition) is 5. The molecule has 0 N–H and O–H groups in total. The van der Waals surface area contributed by atoms with Gasteiger partial charge in [-0.3, -0.25) is 19.6 Å². The first-order valence-electron chi connectivity index (χ1n) is 4.45. The number of rotatable bonds is 7. The van der Waals surface area contributed by atoms with Gasteiger partial charge in [-0.15, -0.1) is 11.6 Å². The van der Waals surface area contributed by atoms with Gasteiger partial charge in [-0.1, -0.05) is 0 Å². The summed E-state index contributed by atoms with van der Waals surface area (Å²) in [6.07, 6.45) is 2.28. The summed E-state index contributed by atoms with van der Waals surface area (Å²) in [6, 6.07) is 0. The van der Waals surface area contributed by atoms with Crippen molar-refractivity contribution in [3.8, 4) is 0 Å². The summed E-state index contributed by atoms with van der Waals surface area (Å²) in [5.74, 6) is 0.101. The molecule has 0 bridgehead atoms. The van der Waals surface area contributed by atoms with Crippen LogP contribution in [0.25, 0.3) is 0 Å². The molecule has 7 nitrogen and oxygen atoms in total. The maximum absolute atomic E-state index is 11.3. The molecule has 0 amide bonds. The number of hydrogen-bond donors (Lipinski definition) is 0. The largest absolute Gasteiger partial charge is 0.372 e. The Balaban J connectivity index is 2.40. The van der Waals surface area contributed by atoms with Crippen LogP contribution < -0.4 is 0 Å². The topological polar surface area (TPSA) is 87.3 Å². The smallest absolute Gasteiger partial charge is 0.307 e. The number of nitro groups is 1. The lowest BCUT2D eigenvalue weighted by Crippen LogP contribution is -2.17. The molecule has 1 rings (SSSR count). The van der Waals surface area contributed by atoms with Crippen LogP contribution >= 0.6 is 11.6 Å². The number of carbonyl (C=O) groups excluding carboxylic acids is 1. The van der Waals surface area contributed by atoms with Gasteiger partial charge < -0.3 is 4.74 Å². The van der Waals surface area contributed by atoms with Crippen molar-refractivity contribution in [2.75, 3.05) is 19.1 Å². The Morgan fingerprint density at radius 3 is 3.00 bits per heavy atom. The van der Waals surface area contributed by atoms with E-state index in [4.69, 9.17) is 16.3 Å². The number of nitrogens with zero attached hydrogens (tertiary/aromatic N) is 3. The second-order valence-electron chi connectivity index (χ2n) is 2.93. The van der Waals surface area contributed by atoms with Gasteiger partial charge in [0.25, 0.3) is 0 Å². The van der Waals surface area contributed by atoms with Gasteiger partial charge in [-0.25, -0.2) is 0 Å². The van der Waals surface area contributed by atoms with Gasteiger partial charge in [0.05, 0.1) is 11.5 Å². The molecule has 0 aliphatic carbocycles. The summed E-state index contributed by atoms with van der Waals surface area (Å²) in [5.41, 5.74) is -0.144. The van der Waals surface area contributed by atoms with Crippen LogP contribution in [0.5, 0.6) is 0 Å². The van der Waals surface area contributed by atoms with Crippen LogP contribution in [0.2, 0.25) is 0 Å². The third kappa shape index (κ3) is 3.95. The molecule has 0 atom stereocenters. The van der Waals surface area contributed by atoms with E-state index in [2.05, 4.69) is 5.10 Å². The Morgan fingerprint density at radius 1 is 1.69 bits per heavy atom. The molecule has 16 heavy (non-hydrogen) atoms. The SMILES string of the molecule is O=C(COCCCl)Cn1cc([N+](=O)[O-])cn1. The molecule has 88 valence electrons. The number of ketones is 1. The van der Waals surface area contributed by atoms with Crippen LogP contribution in [0.3, 0.4) is 0 Å². The molecule has 0 saturated carbocycles. The van der Waals surface area contributed by atoms with Crippen molar-refractivity contribution in [1.29, 1.82) is 0 Å². The maximum Gasteiger partial charge on any atom is 0.307 e. The van der Waals surface area contributed by atoms with Crippen LogP contribution in [0, 0.1) is 10.1 Å². The Morgan fingerprint density at radius 2 is 2.44 bits per heavy atom. The minimum absolute atomic E-state index is 0.0455. The summed E-state index contributed by atoms with van der Waals surface area (Å²) >= 11 is 5.35. The second kappa shape index (κ2) is 6.19. The van der Waals surface area contributed by atoms with E-state index < -0.39 is 4.92 Å². The molecule has 1 aromatic heterocycles. The van der Waals surface area contributed by atoms with Crippen molar-refractivity contribution in [3.05, 3.63) is 22.5 Å². The summed E-state index contributed by atoms with van der Waals surface area (Å²) in [4.78, 5) is 21.0. The van der Waals surface area contributed by atoms with Crippen molar-refractivity contribution in [2.24, 2.45) is 0 Å². The molecule has 0 spiro atoms. The number of carbonyl (C=O) groups is 1. The van der Waals surface area contributed by atoms with E-state index in [0.717, 1.165) is 6.20 Å². The van der Waals surface area contributed by atoms with Crippen molar-refractivity contribution in [3.63, 3.8) is 0 Å².